The van der Waals surface area contributed by atoms with Gasteiger partial charge in [-0.2, -0.15) is 0 Å². The fourth-order valence-electron chi connectivity index (χ4n) is 1.86. The van der Waals surface area contributed by atoms with Gasteiger partial charge >= 0.3 is 0 Å². The van der Waals surface area contributed by atoms with Crippen molar-refractivity contribution >= 4 is 27.5 Å². The lowest BCUT2D eigenvalue weighted by atomic mass is 10.1. The van der Waals surface area contributed by atoms with Crippen molar-refractivity contribution in [2.24, 2.45) is 5.73 Å². The molecule has 0 saturated heterocycles. The molecule has 0 saturated carbocycles. The molecule has 0 unspecified atom stereocenters. The van der Waals surface area contributed by atoms with Crippen LogP contribution in [0.5, 0.6) is 0 Å². The minimum Gasteiger partial charge on any atom is -0.381 e. The maximum Gasteiger partial charge on any atom is 0.248 e. The summed E-state index contributed by atoms with van der Waals surface area (Å²) in [6, 6.07) is 10.1. The molecule has 0 atom stereocenters. The molecule has 0 spiro atoms. The number of aryl methyl sites for hydroxylation is 1. The van der Waals surface area contributed by atoms with Crippen molar-refractivity contribution in [1.29, 1.82) is 0 Å². The highest BCUT2D eigenvalue weighted by molar-refractivity contribution is 9.10. The molecule has 1 amide bonds. The molecule has 0 bridgehead atoms. The van der Waals surface area contributed by atoms with Crippen molar-refractivity contribution in [3.8, 4) is 0 Å². The molecule has 2 rings (SSSR count). The van der Waals surface area contributed by atoms with Gasteiger partial charge < -0.3 is 11.1 Å². The fourth-order valence-corrected chi connectivity index (χ4v) is 2.29. The Hall–Kier alpha value is -1.88. The molecule has 0 radical (unpaired) electrons. The molecule has 0 aliphatic carbocycles. The molecular formula is C15H14BrFN2O. The Kier molecular flexibility index (Phi) is 4.39. The van der Waals surface area contributed by atoms with Gasteiger partial charge in [-0.15, -0.1) is 0 Å². The number of nitrogens with one attached hydrogen (secondary N) is 1. The zero-order valence-electron chi connectivity index (χ0n) is 10.9. The number of carbonyl (C=O) groups excluding carboxylic acids is 1. The highest BCUT2D eigenvalue weighted by Crippen LogP contribution is 2.20. The number of rotatable bonds is 4. The Balaban J connectivity index is 2.10. The van der Waals surface area contributed by atoms with Crippen LogP contribution in [0.15, 0.2) is 40.9 Å². The van der Waals surface area contributed by atoms with Gasteiger partial charge in [0.15, 0.2) is 0 Å². The first kappa shape index (κ1) is 14.5. The summed E-state index contributed by atoms with van der Waals surface area (Å²) < 4.78 is 13.6. The van der Waals surface area contributed by atoms with E-state index in [0.29, 0.717) is 16.6 Å². The second-order valence-electron chi connectivity index (χ2n) is 4.50. The normalized spacial score (nSPS) is 10.3. The fraction of sp³-hybridized carbons (Fsp3) is 0.133. The third-order valence-corrected chi connectivity index (χ3v) is 3.59. The molecule has 0 aliphatic rings. The summed E-state index contributed by atoms with van der Waals surface area (Å²) >= 11 is 3.16. The smallest absolute Gasteiger partial charge is 0.248 e. The Morgan fingerprint density at radius 2 is 2.05 bits per heavy atom. The van der Waals surface area contributed by atoms with E-state index in [1.807, 2.05) is 13.0 Å². The van der Waals surface area contributed by atoms with Crippen LogP contribution in [-0.2, 0) is 6.54 Å². The maximum atomic E-state index is 13.1. The summed E-state index contributed by atoms with van der Waals surface area (Å²) in [6.45, 7) is 2.46. The van der Waals surface area contributed by atoms with E-state index in [4.69, 9.17) is 5.73 Å². The topological polar surface area (TPSA) is 55.1 Å². The van der Waals surface area contributed by atoms with Gasteiger partial charge in [-0.3, -0.25) is 4.79 Å². The summed E-state index contributed by atoms with van der Waals surface area (Å²) in [4.78, 5) is 11.1. The van der Waals surface area contributed by atoms with Gasteiger partial charge in [0.05, 0.1) is 4.47 Å². The lowest BCUT2D eigenvalue weighted by molar-refractivity contribution is 0.1000. The number of halogens is 2. The minimum atomic E-state index is -0.442. The number of hydrogen-bond acceptors (Lipinski definition) is 2. The maximum absolute atomic E-state index is 13.1. The van der Waals surface area contributed by atoms with E-state index in [0.717, 1.165) is 16.8 Å². The molecule has 104 valence electrons. The molecule has 20 heavy (non-hydrogen) atoms. The molecule has 0 heterocycles. The number of nitrogens with two attached hydrogens (primary N) is 1. The molecule has 0 aliphatic heterocycles. The number of anilines is 1. The number of hydrogen-bond donors (Lipinski definition) is 2. The van der Waals surface area contributed by atoms with Crippen molar-refractivity contribution < 1.29 is 9.18 Å². The molecule has 3 nitrogen and oxygen atoms in total. The number of benzene rings is 2. The van der Waals surface area contributed by atoms with Crippen molar-refractivity contribution in [3.63, 3.8) is 0 Å². The predicted octanol–water partition coefficient (Wildman–Crippen LogP) is 3.61. The van der Waals surface area contributed by atoms with Gasteiger partial charge in [0.1, 0.15) is 5.82 Å². The SMILES string of the molecule is Cc1cc(C(N)=O)ccc1NCc1ccc(F)c(Br)c1. The highest BCUT2D eigenvalue weighted by Gasteiger charge is 2.05. The average Bonchev–Trinajstić information content (AvgIpc) is 2.41. The van der Waals surface area contributed by atoms with E-state index in [1.165, 1.54) is 6.07 Å². The molecule has 0 aromatic heterocycles. The van der Waals surface area contributed by atoms with Crippen LogP contribution >= 0.6 is 15.9 Å². The van der Waals surface area contributed by atoms with E-state index in [9.17, 15) is 9.18 Å². The lowest BCUT2D eigenvalue weighted by Crippen LogP contribution is -2.11. The van der Waals surface area contributed by atoms with E-state index >= 15 is 0 Å². The van der Waals surface area contributed by atoms with Gasteiger partial charge in [-0.25, -0.2) is 4.39 Å². The van der Waals surface area contributed by atoms with Crippen LogP contribution in [0.3, 0.4) is 0 Å². The summed E-state index contributed by atoms with van der Waals surface area (Å²) in [5.41, 5.74) is 8.51. The summed E-state index contributed by atoms with van der Waals surface area (Å²) in [6.07, 6.45) is 0. The molecule has 5 heteroatoms. The van der Waals surface area contributed by atoms with Gasteiger partial charge in [0.2, 0.25) is 5.91 Å². The molecule has 2 aromatic carbocycles. The van der Waals surface area contributed by atoms with Gasteiger partial charge in [-0.05, 0) is 64.3 Å². The summed E-state index contributed by atoms with van der Waals surface area (Å²) in [5.74, 6) is -0.724. The first-order valence-electron chi connectivity index (χ1n) is 6.05. The molecule has 0 fully saturated rings. The van der Waals surface area contributed by atoms with E-state index < -0.39 is 5.91 Å². The van der Waals surface area contributed by atoms with Gasteiger partial charge in [0, 0.05) is 17.8 Å². The third kappa shape index (κ3) is 3.36. The Morgan fingerprint density at radius 1 is 1.30 bits per heavy atom. The summed E-state index contributed by atoms with van der Waals surface area (Å²) in [7, 11) is 0. The zero-order valence-corrected chi connectivity index (χ0v) is 12.5. The van der Waals surface area contributed by atoms with Crippen LogP contribution in [0.2, 0.25) is 0 Å². The first-order valence-corrected chi connectivity index (χ1v) is 6.85. The van der Waals surface area contributed by atoms with Crippen LogP contribution in [0, 0.1) is 12.7 Å². The quantitative estimate of drug-likeness (QED) is 0.896. The van der Waals surface area contributed by atoms with Crippen molar-refractivity contribution in [2.75, 3.05) is 5.32 Å². The van der Waals surface area contributed by atoms with Crippen LogP contribution in [-0.4, -0.2) is 5.91 Å². The van der Waals surface area contributed by atoms with E-state index in [1.54, 1.807) is 24.3 Å². The Morgan fingerprint density at radius 3 is 2.65 bits per heavy atom. The molecule has 2 aromatic rings. The Labute approximate surface area is 125 Å². The molecular weight excluding hydrogens is 323 g/mol. The van der Waals surface area contributed by atoms with Crippen molar-refractivity contribution in [1.82, 2.24) is 0 Å². The third-order valence-electron chi connectivity index (χ3n) is 2.98. The number of carbonyl (C=O) groups is 1. The number of amides is 1. The highest BCUT2D eigenvalue weighted by atomic mass is 79.9. The average molecular weight is 337 g/mol. The predicted molar refractivity (Wildman–Crippen MR) is 81.1 cm³/mol. The van der Waals surface area contributed by atoms with E-state index in [-0.39, 0.29) is 5.82 Å². The van der Waals surface area contributed by atoms with E-state index in [2.05, 4.69) is 21.2 Å². The van der Waals surface area contributed by atoms with Crippen LogP contribution in [0.25, 0.3) is 0 Å². The second kappa shape index (κ2) is 6.05. The van der Waals surface area contributed by atoms with Crippen LogP contribution in [0.4, 0.5) is 10.1 Å². The second-order valence-corrected chi connectivity index (χ2v) is 5.35. The van der Waals surface area contributed by atoms with Crippen LogP contribution in [0.1, 0.15) is 21.5 Å². The van der Waals surface area contributed by atoms with Crippen LogP contribution < -0.4 is 11.1 Å². The number of primary amides is 1. The van der Waals surface area contributed by atoms with Gasteiger partial charge in [0.25, 0.3) is 0 Å². The van der Waals surface area contributed by atoms with Gasteiger partial charge in [-0.1, -0.05) is 6.07 Å². The monoisotopic (exact) mass is 336 g/mol. The largest absolute Gasteiger partial charge is 0.381 e. The molecule has 3 N–H and O–H groups in total. The zero-order chi connectivity index (χ0) is 14.7. The Bertz CT molecular complexity index is 658. The summed E-state index contributed by atoms with van der Waals surface area (Å²) in [5, 5.41) is 3.25. The van der Waals surface area contributed by atoms with Crippen molar-refractivity contribution in [3.05, 3.63) is 63.4 Å². The first-order chi connectivity index (χ1) is 9.47. The van der Waals surface area contributed by atoms with Crippen molar-refractivity contribution in [2.45, 2.75) is 13.5 Å². The standard InChI is InChI=1S/C15H14BrFN2O/c1-9-6-11(15(18)20)3-5-14(9)19-8-10-2-4-13(17)12(16)7-10/h2-7,19H,8H2,1H3,(H2,18,20). The lowest BCUT2D eigenvalue weighted by Gasteiger charge is -2.11. The minimum absolute atomic E-state index is 0.282.